The third kappa shape index (κ3) is 2.14. The van der Waals surface area contributed by atoms with Crippen LogP contribution < -0.4 is 4.74 Å². The molecule has 6 heteroatoms. The van der Waals surface area contributed by atoms with Crippen LogP contribution in [0.5, 0.6) is 5.75 Å². The number of rotatable bonds is 4. The first-order valence-electron chi connectivity index (χ1n) is 6.01. The molecule has 20 heavy (non-hydrogen) atoms. The second-order valence-corrected chi connectivity index (χ2v) is 4.41. The van der Waals surface area contributed by atoms with Gasteiger partial charge in [-0.25, -0.2) is 0 Å². The molecule has 1 aromatic carbocycles. The van der Waals surface area contributed by atoms with E-state index >= 15 is 0 Å². The van der Waals surface area contributed by atoms with E-state index in [1.807, 2.05) is 0 Å². The molecule has 0 aromatic heterocycles. The van der Waals surface area contributed by atoms with E-state index in [2.05, 4.69) is 0 Å². The number of aliphatic hydroxyl groups is 2. The quantitative estimate of drug-likeness (QED) is 0.855. The van der Waals surface area contributed by atoms with Crippen molar-refractivity contribution in [2.45, 2.75) is 13.0 Å². The summed E-state index contributed by atoms with van der Waals surface area (Å²) in [5.74, 6) is -1.23. The Hall–Kier alpha value is -2.34. The third-order valence-corrected chi connectivity index (χ3v) is 3.24. The zero-order chi connectivity index (χ0) is 14.9. The predicted molar refractivity (Wildman–Crippen MR) is 70.0 cm³/mol. The number of amides is 1. The highest BCUT2D eigenvalue weighted by atomic mass is 16.5. The summed E-state index contributed by atoms with van der Waals surface area (Å²) in [6.45, 7) is 0.675. The largest absolute Gasteiger partial charge is 0.503 e. The summed E-state index contributed by atoms with van der Waals surface area (Å²) in [6, 6.07) is 5.98. The summed E-state index contributed by atoms with van der Waals surface area (Å²) in [5.41, 5.74) is 0.568. The van der Waals surface area contributed by atoms with E-state index in [0.29, 0.717) is 11.3 Å². The van der Waals surface area contributed by atoms with Crippen molar-refractivity contribution in [1.29, 1.82) is 0 Å². The lowest BCUT2D eigenvalue weighted by molar-refractivity contribution is -0.133. The van der Waals surface area contributed by atoms with Crippen molar-refractivity contribution >= 4 is 11.7 Å². The molecule has 1 aromatic rings. The molecule has 1 aliphatic rings. The van der Waals surface area contributed by atoms with Crippen molar-refractivity contribution in [1.82, 2.24) is 4.90 Å². The van der Waals surface area contributed by atoms with Gasteiger partial charge in [-0.1, -0.05) is 12.1 Å². The van der Waals surface area contributed by atoms with Gasteiger partial charge in [-0.3, -0.25) is 9.59 Å². The molecule has 0 bridgehead atoms. The number of hydrogen-bond donors (Lipinski definition) is 2. The number of benzene rings is 1. The highest BCUT2D eigenvalue weighted by molar-refractivity contribution is 6.08. The monoisotopic (exact) mass is 277 g/mol. The maximum atomic E-state index is 11.9. The number of carbonyl (C=O) groups is 2. The first kappa shape index (κ1) is 14.1. The van der Waals surface area contributed by atoms with Crippen LogP contribution in [0.2, 0.25) is 0 Å². The molecule has 0 fully saturated rings. The lowest BCUT2D eigenvalue weighted by atomic mass is 9.97. The van der Waals surface area contributed by atoms with Crippen LogP contribution in [0.1, 0.15) is 18.5 Å². The Balaban J connectivity index is 2.55. The number of aliphatic hydroxyl groups excluding tert-OH is 2. The van der Waals surface area contributed by atoms with Crippen LogP contribution in [0, 0.1) is 0 Å². The number of carbonyl (C=O) groups excluding carboxylic acids is 2. The SMILES string of the molecule is COc1cccc([C@@H]2C(C(C)=O)=C(O)C(=O)N2CO)c1. The molecule has 0 saturated heterocycles. The lowest BCUT2D eigenvalue weighted by Gasteiger charge is -2.24. The maximum absolute atomic E-state index is 11.9. The topological polar surface area (TPSA) is 87.1 Å². The minimum atomic E-state index is -0.805. The molecular formula is C14H15NO5. The molecule has 0 spiro atoms. The molecule has 6 nitrogen and oxygen atoms in total. The summed E-state index contributed by atoms with van der Waals surface area (Å²) in [5, 5.41) is 19.1. The van der Waals surface area contributed by atoms with Crippen LogP contribution >= 0.6 is 0 Å². The molecule has 1 heterocycles. The molecular weight excluding hydrogens is 262 g/mol. The lowest BCUT2D eigenvalue weighted by Crippen LogP contribution is -2.31. The number of nitrogens with zero attached hydrogens (tertiary/aromatic N) is 1. The van der Waals surface area contributed by atoms with Crippen molar-refractivity contribution in [2.75, 3.05) is 13.8 Å². The van der Waals surface area contributed by atoms with Gasteiger partial charge in [-0.05, 0) is 24.6 Å². The van der Waals surface area contributed by atoms with Gasteiger partial charge < -0.3 is 19.8 Å². The minimum absolute atomic E-state index is 0.0164. The Kier molecular flexibility index (Phi) is 3.76. The highest BCUT2D eigenvalue weighted by Crippen LogP contribution is 2.38. The molecule has 2 rings (SSSR count). The van der Waals surface area contributed by atoms with Crippen molar-refractivity contribution in [3.63, 3.8) is 0 Å². The second-order valence-electron chi connectivity index (χ2n) is 4.41. The van der Waals surface area contributed by atoms with Gasteiger partial charge in [0, 0.05) is 0 Å². The van der Waals surface area contributed by atoms with Crippen LogP contribution in [-0.2, 0) is 9.59 Å². The number of Topliss-reactive ketones (excluding diaryl/α,β-unsaturated/α-hetero) is 1. The van der Waals surface area contributed by atoms with Crippen LogP contribution in [0.25, 0.3) is 0 Å². The molecule has 0 radical (unpaired) electrons. The predicted octanol–water partition coefficient (Wildman–Crippen LogP) is 0.929. The Morgan fingerprint density at radius 3 is 2.70 bits per heavy atom. The highest BCUT2D eigenvalue weighted by Gasteiger charge is 2.42. The third-order valence-electron chi connectivity index (χ3n) is 3.24. The molecule has 1 amide bonds. The Morgan fingerprint density at radius 2 is 2.15 bits per heavy atom. The van der Waals surface area contributed by atoms with Crippen molar-refractivity contribution < 1.29 is 24.5 Å². The van der Waals surface area contributed by atoms with Gasteiger partial charge in [0.15, 0.2) is 11.5 Å². The fourth-order valence-corrected chi connectivity index (χ4v) is 2.32. The van der Waals surface area contributed by atoms with Gasteiger partial charge in [0.1, 0.15) is 12.5 Å². The van der Waals surface area contributed by atoms with E-state index in [1.165, 1.54) is 14.0 Å². The first-order valence-corrected chi connectivity index (χ1v) is 6.01. The number of ether oxygens (including phenoxy) is 1. The molecule has 0 unspecified atom stereocenters. The van der Waals surface area contributed by atoms with Gasteiger partial charge in [0.25, 0.3) is 5.91 Å². The zero-order valence-electron chi connectivity index (χ0n) is 11.2. The van der Waals surface area contributed by atoms with Gasteiger partial charge in [-0.2, -0.15) is 0 Å². The molecule has 1 atom stereocenters. The van der Waals surface area contributed by atoms with Crippen molar-refractivity contribution in [3.8, 4) is 5.75 Å². The first-order chi connectivity index (χ1) is 9.51. The molecule has 0 saturated carbocycles. The van der Waals surface area contributed by atoms with Gasteiger partial charge in [-0.15, -0.1) is 0 Å². The fraction of sp³-hybridized carbons (Fsp3) is 0.286. The molecule has 1 aliphatic heterocycles. The zero-order valence-corrected chi connectivity index (χ0v) is 11.2. The Bertz CT molecular complexity index is 593. The molecule has 106 valence electrons. The Labute approximate surface area is 115 Å². The van der Waals surface area contributed by atoms with E-state index in [0.717, 1.165) is 4.90 Å². The summed E-state index contributed by atoms with van der Waals surface area (Å²) in [6.07, 6.45) is 0. The average molecular weight is 277 g/mol. The van der Waals surface area contributed by atoms with Crippen LogP contribution in [0.4, 0.5) is 0 Å². The van der Waals surface area contributed by atoms with Gasteiger partial charge >= 0.3 is 0 Å². The van der Waals surface area contributed by atoms with E-state index < -0.39 is 30.2 Å². The fourth-order valence-electron chi connectivity index (χ4n) is 2.32. The van der Waals surface area contributed by atoms with Gasteiger partial charge in [0.05, 0.1) is 18.7 Å². The number of hydrogen-bond acceptors (Lipinski definition) is 5. The van der Waals surface area contributed by atoms with E-state index in [4.69, 9.17) is 4.74 Å². The smallest absolute Gasteiger partial charge is 0.291 e. The van der Waals surface area contributed by atoms with E-state index in [9.17, 15) is 19.8 Å². The normalized spacial score (nSPS) is 18.6. The minimum Gasteiger partial charge on any atom is -0.503 e. The second kappa shape index (κ2) is 5.34. The van der Waals surface area contributed by atoms with Crippen LogP contribution in [0.15, 0.2) is 35.6 Å². The van der Waals surface area contributed by atoms with Crippen molar-refractivity contribution in [3.05, 3.63) is 41.2 Å². The van der Waals surface area contributed by atoms with E-state index in [-0.39, 0.29) is 5.57 Å². The summed E-state index contributed by atoms with van der Waals surface area (Å²) in [4.78, 5) is 24.6. The Morgan fingerprint density at radius 1 is 1.45 bits per heavy atom. The van der Waals surface area contributed by atoms with Crippen LogP contribution in [-0.4, -0.2) is 40.6 Å². The van der Waals surface area contributed by atoms with Crippen molar-refractivity contribution in [2.24, 2.45) is 0 Å². The summed E-state index contributed by atoms with van der Waals surface area (Å²) >= 11 is 0. The van der Waals surface area contributed by atoms with Gasteiger partial charge in [0.2, 0.25) is 0 Å². The number of ketones is 1. The van der Waals surface area contributed by atoms with Crippen LogP contribution in [0.3, 0.4) is 0 Å². The molecule has 0 aliphatic carbocycles. The molecule has 2 N–H and O–H groups in total. The number of methoxy groups -OCH3 is 1. The summed E-state index contributed by atoms with van der Waals surface area (Å²) < 4.78 is 5.10. The maximum Gasteiger partial charge on any atom is 0.291 e. The van der Waals surface area contributed by atoms with E-state index in [1.54, 1.807) is 24.3 Å². The summed E-state index contributed by atoms with van der Waals surface area (Å²) in [7, 11) is 1.50. The average Bonchev–Trinajstić information content (AvgIpc) is 2.71. The standard InChI is InChI=1S/C14H15NO5/c1-8(17)11-12(15(7-16)14(19)13(11)18)9-4-3-5-10(6-9)20-2/h3-6,12,16,18H,7H2,1-2H3/t12-/m1/s1.